The van der Waals surface area contributed by atoms with Crippen molar-refractivity contribution < 1.29 is 27.4 Å². The molecule has 0 heterocycles. The van der Waals surface area contributed by atoms with Crippen LogP contribution in [0.1, 0.15) is 31.1 Å². The molecule has 0 bridgehead atoms. The second-order valence-corrected chi connectivity index (χ2v) is 9.36. The van der Waals surface area contributed by atoms with E-state index in [9.17, 15) is 13.2 Å². The number of sulfonamides is 1. The van der Waals surface area contributed by atoms with E-state index in [0.717, 1.165) is 0 Å². The Balaban J connectivity index is 1.90. The first kappa shape index (κ1) is 25.9. The van der Waals surface area contributed by atoms with Crippen LogP contribution in [0, 0.1) is 0 Å². The van der Waals surface area contributed by atoms with Crippen LogP contribution >= 0.6 is 0 Å². The molecule has 0 aliphatic rings. The number of benzene rings is 3. The second kappa shape index (κ2) is 11.6. The lowest BCUT2D eigenvalue weighted by Gasteiger charge is -2.20. The lowest BCUT2D eigenvalue weighted by atomic mass is 10.1. The molecule has 35 heavy (non-hydrogen) atoms. The summed E-state index contributed by atoms with van der Waals surface area (Å²) in [5.74, 6) is 0.781. The summed E-state index contributed by atoms with van der Waals surface area (Å²) in [6, 6.07) is 18.0. The third-order valence-corrected chi connectivity index (χ3v) is 6.82. The molecule has 3 aromatic rings. The molecule has 1 N–H and O–H groups in total. The van der Waals surface area contributed by atoms with Crippen LogP contribution in [0.5, 0.6) is 17.2 Å². The van der Waals surface area contributed by atoms with Crippen LogP contribution in [-0.2, 0) is 10.0 Å². The number of rotatable bonds is 11. The molecule has 1 amide bonds. The minimum absolute atomic E-state index is 0.0540. The Morgan fingerprint density at radius 3 is 2.00 bits per heavy atom. The summed E-state index contributed by atoms with van der Waals surface area (Å²) in [4.78, 5) is 13.1. The van der Waals surface area contributed by atoms with Crippen molar-refractivity contribution in [3.8, 4) is 17.2 Å². The highest BCUT2D eigenvalue weighted by molar-refractivity contribution is 7.92. The van der Waals surface area contributed by atoms with Gasteiger partial charge in [0.2, 0.25) is 5.75 Å². The average Bonchev–Trinajstić information content (AvgIpc) is 2.86. The molecule has 0 aliphatic heterocycles. The van der Waals surface area contributed by atoms with Gasteiger partial charge in [-0.25, -0.2) is 8.42 Å². The molecule has 186 valence electrons. The standard InChI is InChI=1S/C26H30N2O6S/c1-5-32-23-16-19(17-24(33-6-2)25(23)34-7-3)26(29)27-20-12-11-15-22(18-20)35(30,31)28(4)21-13-9-8-10-14-21/h8-18H,5-7H2,1-4H3,(H,27,29). The number of carbonyl (C=O) groups excluding carboxylic acids is 1. The molecular weight excluding hydrogens is 468 g/mol. The van der Waals surface area contributed by atoms with Crippen molar-refractivity contribution in [2.45, 2.75) is 25.7 Å². The molecule has 0 radical (unpaired) electrons. The number of nitrogens with one attached hydrogen (secondary N) is 1. The number of amides is 1. The van der Waals surface area contributed by atoms with Crippen molar-refractivity contribution >= 4 is 27.3 Å². The Labute approximate surface area is 206 Å². The van der Waals surface area contributed by atoms with Crippen LogP contribution in [0.2, 0.25) is 0 Å². The monoisotopic (exact) mass is 498 g/mol. The Kier molecular flexibility index (Phi) is 8.59. The van der Waals surface area contributed by atoms with Crippen molar-refractivity contribution in [2.75, 3.05) is 36.5 Å². The molecule has 9 heteroatoms. The minimum Gasteiger partial charge on any atom is -0.490 e. The van der Waals surface area contributed by atoms with Crippen LogP contribution in [0.25, 0.3) is 0 Å². The summed E-state index contributed by atoms with van der Waals surface area (Å²) in [5, 5.41) is 2.77. The number of para-hydroxylation sites is 1. The van der Waals surface area contributed by atoms with Gasteiger partial charge in [-0.05, 0) is 63.2 Å². The first-order valence-electron chi connectivity index (χ1n) is 11.3. The van der Waals surface area contributed by atoms with Crippen LogP contribution in [0.3, 0.4) is 0 Å². The van der Waals surface area contributed by atoms with E-state index in [1.165, 1.54) is 23.5 Å². The number of anilines is 2. The maximum absolute atomic E-state index is 13.1. The van der Waals surface area contributed by atoms with Gasteiger partial charge < -0.3 is 19.5 Å². The molecule has 3 aromatic carbocycles. The van der Waals surface area contributed by atoms with Crippen LogP contribution in [-0.4, -0.2) is 41.2 Å². The van der Waals surface area contributed by atoms with E-state index < -0.39 is 15.9 Å². The zero-order chi connectivity index (χ0) is 25.4. The number of carbonyl (C=O) groups is 1. The molecule has 0 unspecified atom stereocenters. The summed E-state index contributed by atoms with van der Waals surface area (Å²) in [5.41, 5.74) is 1.15. The predicted molar refractivity (Wildman–Crippen MR) is 136 cm³/mol. The van der Waals surface area contributed by atoms with Crippen LogP contribution in [0.15, 0.2) is 71.6 Å². The number of hydrogen-bond acceptors (Lipinski definition) is 6. The third kappa shape index (κ3) is 6.05. The van der Waals surface area contributed by atoms with Gasteiger partial charge in [0.1, 0.15) is 0 Å². The average molecular weight is 499 g/mol. The quantitative estimate of drug-likeness (QED) is 0.402. The maximum atomic E-state index is 13.1. The fourth-order valence-electron chi connectivity index (χ4n) is 3.39. The molecular formula is C26H30N2O6S. The SMILES string of the molecule is CCOc1cc(C(=O)Nc2cccc(S(=O)(=O)N(C)c3ccccc3)c2)cc(OCC)c1OCC. The summed E-state index contributed by atoms with van der Waals surface area (Å²) in [6.45, 7) is 6.69. The summed E-state index contributed by atoms with van der Waals surface area (Å²) < 4.78 is 44.5. The molecule has 8 nitrogen and oxygen atoms in total. The normalized spacial score (nSPS) is 11.0. The summed E-state index contributed by atoms with van der Waals surface area (Å²) >= 11 is 0. The Morgan fingerprint density at radius 2 is 1.43 bits per heavy atom. The van der Waals surface area contributed by atoms with Gasteiger partial charge in [0.15, 0.2) is 11.5 Å². The van der Waals surface area contributed by atoms with E-state index in [1.807, 2.05) is 26.8 Å². The summed E-state index contributed by atoms with van der Waals surface area (Å²) in [6.07, 6.45) is 0. The van der Waals surface area contributed by atoms with E-state index in [-0.39, 0.29) is 10.5 Å². The van der Waals surface area contributed by atoms with Crippen LogP contribution in [0.4, 0.5) is 11.4 Å². The van der Waals surface area contributed by atoms with Crippen molar-refractivity contribution in [3.05, 3.63) is 72.3 Å². The van der Waals surface area contributed by atoms with E-state index in [0.29, 0.717) is 48.4 Å². The van der Waals surface area contributed by atoms with E-state index >= 15 is 0 Å². The molecule has 0 saturated carbocycles. The fraction of sp³-hybridized carbons (Fsp3) is 0.269. The van der Waals surface area contributed by atoms with E-state index in [4.69, 9.17) is 14.2 Å². The smallest absolute Gasteiger partial charge is 0.264 e. The minimum atomic E-state index is -3.83. The lowest BCUT2D eigenvalue weighted by molar-refractivity contribution is 0.102. The Morgan fingerprint density at radius 1 is 0.829 bits per heavy atom. The molecule has 0 saturated heterocycles. The Hall–Kier alpha value is -3.72. The van der Waals surface area contributed by atoms with Gasteiger partial charge in [0.25, 0.3) is 15.9 Å². The Bertz CT molecular complexity index is 1230. The van der Waals surface area contributed by atoms with E-state index in [2.05, 4.69) is 5.32 Å². The number of nitrogens with zero attached hydrogens (tertiary/aromatic N) is 1. The topological polar surface area (TPSA) is 94.2 Å². The highest BCUT2D eigenvalue weighted by Crippen LogP contribution is 2.39. The van der Waals surface area contributed by atoms with Gasteiger partial charge in [-0.3, -0.25) is 9.10 Å². The maximum Gasteiger partial charge on any atom is 0.264 e. The van der Waals surface area contributed by atoms with Crippen molar-refractivity contribution in [3.63, 3.8) is 0 Å². The van der Waals surface area contributed by atoms with Gasteiger partial charge in [-0.15, -0.1) is 0 Å². The number of hydrogen-bond donors (Lipinski definition) is 1. The molecule has 0 fully saturated rings. The van der Waals surface area contributed by atoms with Crippen molar-refractivity contribution in [1.82, 2.24) is 0 Å². The second-order valence-electron chi connectivity index (χ2n) is 7.39. The fourth-order valence-corrected chi connectivity index (χ4v) is 4.63. The first-order valence-corrected chi connectivity index (χ1v) is 12.8. The lowest BCUT2D eigenvalue weighted by Crippen LogP contribution is -2.26. The zero-order valence-electron chi connectivity index (χ0n) is 20.3. The van der Waals surface area contributed by atoms with Crippen LogP contribution < -0.4 is 23.8 Å². The third-order valence-electron chi connectivity index (χ3n) is 5.04. The largest absolute Gasteiger partial charge is 0.490 e. The van der Waals surface area contributed by atoms with Crippen molar-refractivity contribution in [1.29, 1.82) is 0 Å². The van der Waals surface area contributed by atoms with Gasteiger partial charge in [0, 0.05) is 18.3 Å². The highest BCUT2D eigenvalue weighted by atomic mass is 32.2. The summed E-state index contributed by atoms with van der Waals surface area (Å²) in [7, 11) is -2.34. The molecule has 3 rings (SSSR count). The molecule has 0 atom stereocenters. The van der Waals surface area contributed by atoms with E-state index in [1.54, 1.807) is 48.5 Å². The molecule has 0 aromatic heterocycles. The predicted octanol–water partition coefficient (Wildman–Crippen LogP) is 4.96. The van der Waals surface area contributed by atoms with Gasteiger partial charge in [-0.1, -0.05) is 24.3 Å². The molecule has 0 aliphatic carbocycles. The van der Waals surface area contributed by atoms with Gasteiger partial charge >= 0.3 is 0 Å². The van der Waals surface area contributed by atoms with Crippen molar-refractivity contribution in [2.24, 2.45) is 0 Å². The highest BCUT2D eigenvalue weighted by Gasteiger charge is 2.22. The zero-order valence-corrected chi connectivity index (χ0v) is 21.1. The van der Waals surface area contributed by atoms with Gasteiger partial charge in [0.05, 0.1) is 30.4 Å². The van der Waals surface area contributed by atoms with Gasteiger partial charge in [-0.2, -0.15) is 0 Å². The molecule has 0 spiro atoms. The first-order chi connectivity index (χ1) is 16.8. The number of ether oxygens (including phenoxy) is 3.